The highest BCUT2D eigenvalue weighted by molar-refractivity contribution is 7.92. The van der Waals surface area contributed by atoms with E-state index in [2.05, 4.69) is 9.71 Å². The fourth-order valence-corrected chi connectivity index (χ4v) is 3.48. The predicted molar refractivity (Wildman–Crippen MR) is 90.8 cm³/mol. The van der Waals surface area contributed by atoms with Gasteiger partial charge in [0.15, 0.2) is 0 Å². The molecule has 1 aliphatic rings. The zero-order valence-corrected chi connectivity index (χ0v) is 14.5. The summed E-state index contributed by atoms with van der Waals surface area (Å²) in [5.74, 6) is 0.111. The molecule has 0 atom stereocenters. The maximum absolute atomic E-state index is 13.0. The summed E-state index contributed by atoms with van der Waals surface area (Å²) in [6, 6.07) is 8.73. The lowest BCUT2D eigenvalue weighted by Crippen LogP contribution is -2.17. The van der Waals surface area contributed by atoms with Crippen molar-refractivity contribution in [2.75, 3.05) is 17.9 Å². The minimum Gasteiger partial charge on any atom is -0.475 e. The number of aryl methyl sites for hydroxylation is 1. The van der Waals surface area contributed by atoms with Crippen molar-refractivity contribution >= 4 is 21.6 Å². The number of hydrogen-bond donors (Lipinski definition) is 1. The van der Waals surface area contributed by atoms with Crippen molar-refractivity contribution in [3.63, 3.8) is 0 Å². The molecule has 0 spiro atoms. The molecule has 3 rings (SSSR count). The summed E-state index contributed by atoms with van der Waals surface area (Å²) in [6.07, 6.45) is -4.61. The van der Waals surface area contributed by atoms with Crippen LogP contribution in [0.2, 0.25) is 0 Å². The van der Waals surface area contributed by atoms with Crippen LogP contribution in [0.4, 0.5) is 18.9 Å². The highest BCUT2D eigenvalue weighted by Crippen LogP contribution is 2.33. The van der Waals surface area contributed by atoms with Crippen LogP contribution >= 0.6 is 0 Å². The molecule has 0 saturated carbocycles. The van der Waals surface area contributed by atoms with Crippen molar-refractivity contribution in [3.8, 4) is 0 Å². The topological polar surface area (TPSA) is 67.8 Å². The van der Waals surface area contributed by atoms with Crippen molar-refractivity contribution in [3.05, 3.63) is 59.2 Å². The van der Waals surface area contributed by atoms with Crippen molar-refractivity contribution in [2.45, 2.75) is 18.0 Å². The summed E-state index contributed by atoms with van der Waals surface area (Å²) in [5, 5.41) is 0. The molecule has 0 amide bonds. The first-order valence-electron chi connectivity index (χ1n) is 7.65. The van der Waals surface area contributed by atoms with Crippen LogP contribution in [-0.4, -0.2) is 27.5 Å². The van der Waals surface area contributed by atoms with Gasteiger partial charge >= 0.3 is 6.18 Å². The first-order valence-corrected chi connectivity index (χ1v) is 9.13. The number of aliphatic imine (C=N–C) groups is 1. The van der Waals surface area contributed by atoms with Crippen LogP contribution in [0.5, 0.6) is 0 Å². The van der Waals surface area contributed by atoms with Gasteiger partial charge in [-0.3, -0.25) is 4.72 Å². The van der Waals surface area contributed by atoms with Crippen LogP contribution < -0.4 is 4.72 Å². The summed E-state index contributed by atoms with van der Waals surface area (Å²) < 4.78 is 71.7. The molecule has 26 heavy (non-hydrogen) atoms. The Balaban J connectivity index is 2.05. The Labute approximate surface area is 148 Å². The minimum atomic E-state index is -4.61. The molecule has 0 bridgehead atoms. The van der Waals surface area contributed by atoms with Gasteiger partial charge in [-0.05, 0) is 37.3 Å². The smallest absolute Gasteiger partial charge is 0.416 e. The Kier molecular flexibility index (Phi) is 4.66. The number of benzene rings is 2. The van der Waals surface area contributed by atoms with E-state index < -0.39 is 21.8 Å². The maximum atomic E-state index is 13.0. The standard InChI is InChI=1S/C17H15F3N2O3S/c1-11-2-5-13(6-3-11)26(23,24)22-15-10-12(17(18,19)20)4-7-14(15)16-21-8-9-25-16/h2-7,10,22H,8-9H2,1H3. The molecule has 0 unspecified atom stereocenters. The number of rotatable bonds is 4. The van der Waals surface area contributed by atoms with Gasteiger partial charge in [0, 0.05) is 0 Å². The van der Waals surface area contributed by atoms with Crippen molar-refractivity contribution in [2.24, 2.45) is 4.99 Å². The third-order valence-corrected chi connectivity index (χ3v) is 5.12. The van der Waals surface area contributed by atoms with Gasteiger partial charge in [0.2, 0.25) is 5.90 Å². The first-order chi connectivity index (χ1) is 12.2. The van der Waals surface area contributed by atoms with E-state index >= 15 is 0 Å². The summed E-state index contributed by atoms with van der Waals surface area (Å²) in [7, 11) is -4.07. The molecule has 5 nitrogen and oxygen atoms in total. The Bertz CT molecular complexity index is 952. The number of anilines is 1. The van der Waals surface area contributed by atoms with Crippen molar-refractivity contribution in [1.29, 1.82) is 0 Å². The molecule has 0 saturated heterocycles. The number of nitrogens with zero attached hydrogens (tertiary/aromatic N) is 1. The Morgan fingerprint density at radius 1 is 1.12 bits per heavy atom. The predicted octanol–water partition coefficient (Wildman–Crippen LogP) is 3.59. The van der Waals surface area contributed by atoms with Gasteiger partial charge in [0.25, 0.3) is 10.0 Å². The van der Waals surface area contributed by atoms with Crippen LogP contribution in [0, 0.1) is 6.92 Å². The molecular formula is C17H15F3N2O3S. The van der Waals surface area contributed by atoms with Crippen molar-refractivity contribution in [1.82, 2.24) is 0 Å². The maximum Gasteiger partial charge on any atom is 0.416 e. The fraction of sp³-hybridized carbons (Fsp3) is 0.235. The molecule has 1 aliphatic heterocycles. The highest BCUT2D eigenvalue weighted by Gasteiger charge is 2.32. The number of ether oxygens (including phenoxy) is 1. The number of halogens is 3. The van der Waals surface area contributed by atoms with Gasteiger partial charge in [-0.2, -0.15) is 13.2 Å². The van der Waals surface area contributed by atoms with Gasteiger partial charge in [-0.1, -0.05) is 17.7 Å². The van der Waals surface area contributed by atoms with Gasteiger partial charge in [0.1, 0.15) is 6.61 Å². The fourth-order valence-electron chi connectivity index (χ4n) is 2.41. The molecule has 138 valence electrons. The lowest BCUT2D eigenvalue weighted by molar-refractivity contribution is -0.137. The zero-order chi connectivity index (χ0) is 18.9. The van der Waals surface area contributed by atoms with E-state index in [9.17, 15) is 21.6 Å². The second-order valence-corrected chi connectivity index (χ2v) is 7.39. The molecule has 9 heteroatoms. The van der Waals surface area contributed by atoms with Gasteiger partial charge < -0.3 is 4.74 Å². The lowest BCUT2D eigenvalue weighted by atomic mass is 10.1. The molecule has 2 aromatic rings. The van der Waals surface area contributed by atoms with E-state index in [0.29, 0.717) is 13.2 Å². The number of sulfonamides is 1. The van der Waals surface area contributed by atoms with Gasteiger partial charge in [0.05, 0.1) is 28.3 Å². The number of hydrogen-bond acceptors (Lipinski definition) is 4. The van der Waals surface area contributed by atoms with Crippen molar-refractivity contribution < 1.29 is 26.3 Å². The normalized spacial score (nSPS) is 14.7. The number of alkyl halides is 3. The zero-order valence-electron chi connectivity index (χ0n) is 13.7. The Morgan fingerprint density at radius 2 is 1.81 bits per heavy atom. The average Bonchev–Trinajstić information content (AvgIpc) is 3.08. The second kappa shape index (κ2) is 6.64. The summed E-state index contributed by atoms with van der Waals surface area (Å²) >= 11 is 0. The summed E-state index contributed by atoms with van der Waals surface area (Å²) in [5.41, 5.74) is -0.189. The SMILES string of the molecule is Cc1ccc(S(=O)(=O)Nc2cc(C(F)(F)F)ccc2C2=NCCO2)cc1. The minimum absolute atomic E-state index is 0.0549. The summed E-state index contributed by atoms with van der Waals surface area (Å²) in [6.45, 7) is 2.45. The summed E-state index contributed by atoms with van der Waals surface area (Å²) in [4.78, 5) is 4.00. The molecule has 0 aromatic heterocycles. The van der Waals surface area contributed by atoms with Crippen LogP contribution in [-0.2, 0) is 20.9 Å². The van der Waals surface area contributed by atoms with E-state index in [0.717, 1.165) is 23.8 Å². The second-order valence-electron chi connectivity index (χ2n) is 5.71. The third-order valence-electron chi connectivity index (χ3n) is 3.74. The molecule has 0 fully saturated rings. The highest BCUT2D eigenvalue weighted by atomic mass is 32.2. The van der Waals surface area contributed by atoms with E-state index in [1.807, 2.05) is 0 Å². The van der Waals surface area contributed by atoms with E-state index in [-0.39, 0.29) is 22.0 Å². The van der Waals surface area contributed by atoms with E-state index in [4.69, 9.17) is 4.74 Å². The van der Waals surface area contributed by atoms with Gasteiger partial charge in [-0.15, -0.1) is 0 Å². The third kappa shape index (κ3) is 3.82. The van der Waals surface area contributed by atoms with Crippen LogP contribution in [0.1, 0.15) is 16.7 Å². The lowest BCUT2D eigenvalue weighted by Gasteiger charge is -2.15. The molecule has 1 heterocycles. The largest absolute Gasteiger partial charge is 0.475 e. The first kappa shape index (κ1) is 18.2. The average molecular weight is 384 g/mol. The quantitative estimate of drug-likeness (QED) is 0.876. The molecule has 0 radical (unpaired) electrons. The monoisotopic (exact) mass is 384 g/mol. The molecule has 2 aromatic carbocycles. The van der Waals surface area contributed by atoms with E-state index in [1.165, 1.54) is 12.1 Å². The van der Waals surface area contributed by atoms with Crippen LogP contribution in [0.25, 0.3) is 0 Å². The molecular weight excluding hydrogens is 369 g/mol. The van der Waals surface area contributed by atoms with E-state index in [1.54, 1.807) is 19.1 Å². The Hall–Kier alpha value is -2.55. The van der Waals surface area contributed by atoms with Crippen LogP contribution in [0.3, 0.4) is 0 Å². The van der Waals surface area contributed by atoms with Crippen LogP contribution in [0.15, 0.2) is 52.4 Å². The Morgan fingerprint density at radius 3 is 2.38 bits per heavy atom. The molecule has 0 aliphatic carbocycles. The van der Waals surface area contributed by atoms with Gasteiger partial charge in [-0.25, -0.2) is 13.4 Å². The molecule has 1 N–H and O–H groups in total. The number of nitrogens with one attached hydrogen (secondary N) is 1.